The van der Waals surface area contributed by atoms with Crippen LogP contribution in [0.1, 0.15) is 25.6 Å². The average molecular weight is 369 g/mol. The molecule has 1 aromatic heterocycles. The zero-order chi connectivity index (χ0) is 18.8. The van der Waals surface area contributed by atoms with Crippen molar-refractivity contribution in [1.29, 1.82) is 0 Å². The van der Waals surface area contributed by atoms with E-state index >= 15 is 0 Å². The van der Waals surface area contributed by atoms with Crippen molar-refractivity contribution < 1.29 is 19.0 Å². The fourth-order valence-corrected chi connectivity index (χ4v) is 3.48. The molecule has 0 spiro atoms. The minimum Gasteiger partial charge on any atom is -0.482 e. The van der Waals surface area contributed by atoms with Gasteiger partial charge in [0, 0.05) is 18.8 Å². The Bertz CT molecular complexity index is 828. The largest absolute Gasteiger partial charge is 0.482 e. The summed E-state index contributed by atoms with van der Waals surface area (Å²) in [4.78, 5) is 23.2. The van der Waals surface area contributed by atoms with Crippen molar-refractivity contribution in [2.24, 2.45) is 0 Å². The fraction of sp³-hybridized carbons (Fsp3) is 0.450. The zero-order valence-electron chi connectivity index (χ0n) is 15.5. The zero-order valence-corrected chi connectivity index (χ0v) is 15.5. The molecule has 0 saturated carbocycles. The Hall–Kier alpha value is -2.83. The lowest BCUT2D eigenvalue weighted by atomic mass is 10.1. The van der Waals surface area contributed by atoms with E-state index < -0.39 is 6.10 Å². The van der Waals surface area contributed by atoms with Crippen LogP contribution >= 0.6 is 0 Å². The summed E-state index contributed by atoms with van der Waals surface area (Å²) in [5.41, 5.74) is 0. The van der Waals surface area contributed by atoms with E-state index in [-0.39, 0.29) is 18.1 Å². The summed E-state index contributed by atoms with van der Waals surface area (Å²) in [7, 11) is 0. The number of ether oxygens (including phenoxy) is 3. The predicted octanol–water partition coefficient (Wildman–Crippen LogP) is 2.38. The molecule has 0 radical (unpaired) electrons. The molecule has 1 amide bonds. The summed E-state index contributed by atoms with van der Waals surface area (Å²) in [6.07, 6.45) is 2.34. The standard InChI is InChI=1S/C20H23N3O4/c1-13-19(27-17-8-4-3-7-16(17)25-13)20(24)23-11-5-6-15(12-23)26-18-9-10-21-14(2)22-18/h3-4,7-10,13,15,19H,5-6,11-12H2,1-2H3. The highest BCUT2D eigenvalue weighted by molar-refractivity contribution is 5.82. The Kier molecular flexibility index (Phi) is 4.83. The molecule has 2 aromatic rings. The summed E-state index contributed by atoms with van der Waals surface area (Å²) in [6, 6.07) is 9.17. The molecule has 2 aliphatic rings. The highest BCUT2D eigenvalue weighted by Crippen LogP contribution is 2.34. The summed E-state index contributed by atoms with van der Waals surface area (Å²) in [5, 5.41) is 0. The molecular weight excluding hydrogens is 346 g/mol. The van der Waals surface area contributed by atoms with Crippen molar-refractivity contribution in [3.63, 3.8) is 0 Å². The van der Waals surface area contributed by atoms with Gasteiger partial charge in [-0.2, -0.15) is 4.98 Å². The van der Waals surface area contributed by atoms with Crippen LogP contribution in [0.25, 0.3) is 0 Å². The van der Waals surface area contributed by atoms with Gasteiger partial charge in [0.25, 0.3) is 5.91 Å². The lowest BCUT2D eigenvalue weighted by Crippen LogP contribution is -2.54. The summed E-state index contributed by atoms with van der Waals surface area (Å²) >= 11 is 0. The molecule has 7 nitrogen and oxygen atoms in total. The number of carbonyl (C=O) groups is 1. The van der Waals surface area contributed by atoms with E-state index in [0.29, 0.717) is 36.3 Å². The molecule has 4 rings (SSSR count). The number of hydrogen-bond acceptors (Lipinski definition) is 6. The van der Waals surface area contributed by atoms with E-state index in [1.807, 2.05) is 38.1 Å². The highest BCUT2D eigenvalue weighted by Gasteiger charge is 2.38. The van der Waals surface area contributed by atoms with Gasteiger partial charge >= 0.3 is 0 Å². The fourth-order valence-electron chi connectivity index (χ4n) is 3.48. The van der Waals surface area contributed by atoms with E-state index in [1.165, 1.54) is 0 Å². The van der Waals surface area contributed by atoms with E-state index in [0.717, 1.165) is 12.8 Å². The number of carbonyl (C=O) groups excluding carboxylic acids is 1. The average Bonchev–Trinajstić information content (AvgIpc) is 2.67. The maximum atomic E-state index is 13.1. The van der Waals surface area contributed by atoms with Gasteiger partial charge < -0.3 is 19.1 Å². The first-order chi connectivity index (χ1) is 13.1. The van der Waals surface area contributed by atoms with Gasteiger partial charge in [0.2, 0.25) is 12.0 Å². The SMILES string of the molecule is Cc1nccc(OC2CCCN(C(=O)C3Oc4ccccc4OC3C)C2)n1. The number of benzene rings is 1. The predicted molar refractivity (Wildman–Crippen MR) is 97.9 cm³/mol. The van der Waals surface area contributed by atoms with Crippen LogP contribution in [0.2, 0.25) is 0 Å². The normalized spacial score (nSPS) is 24.4. The van der Waals surface area contributed by atoms with Gasteiger partial charge in [-0.25, -0.2) is 4.98 Å². The van der Waals surface area contributed by atoms with Crippen molar-refractivity contribution in [2.75, 3.05) is 13.1 Å². The number of aromatic nitrogens is 2. The summed E-state index contributed by atoms with van der Waals surface area (Å²) in [5.74, 6) is 2.42. The first-order valence-corrected chi connectivity index (χ1v) is 9.27. The maximum absolute atomic E-state index is 13.1. The van der Waals surface area contributed by atoms with Gasteiger partial charge in [-0.05, 0) is 38.8 Å². The Labute approximate surface area is 158 Å². The molecule has 1 saturated heterocycles. The smallest absolute Gasteiger partial charge is 0.267 e. The minimum absolute atomic E-state index is 0.0656. The second-order valence-corrected chi connectivity index (χ2v) is 6.92. The van der Waals surface area contributed by atoms with E-state index in [9.17, 15) is 4.79 Å². The van der Waals surface area contributed by atoms with Crippen LogP contribution in [0, 0.1) is 6.92 Å². The summed E-state index contributed by atoms with van der Waals surface area (Å²) < 4.78 is 17.8. The van der Waals surface area contributed by atoms with Gasteiger partial charge in [0.05, 0.1) is 6.54 Å². The van der Waals surface area contributed by atoms with Crippen molar-refractivity contribution in [2.45, 2.75) is 45.0 Å². The second kappa shape index (κ2) is 7.42. The van der Waals surface area contributed by atoms with Crippen LogP contribution in [0.4, 0.5) is 0 Å². The second-order valence-electron chi connectivity index (χ2n) is 6.92. The molecule has 0 aliphatic carbocycles. The van der Waals surface area contributed by atoms with E-state index in [1.54, 1.807) is 17.2 Å². The van der Waals surface area contributed by atoms with Gasteiger partial charge in [0.15, 0.2) is 11.5 Å². The van der Waals surface area contributed by atoms with Crippen molar-refractivity contribution >= 4 is 5.91 Å². The molecule has 2 aliphatic heterocycles. The van der Waals surface area contributed by atoms with E-state index in [2.05, 4.69) is 9.97 Å². The van der Waals surface area contributed by atoms with Crippen LogP contribution in [0.15, 0.2) is 36.5 Å². The Morgan fingerprint density at radius 2 is 2.00 bits per heavy atom. The topological polar surface area (TPSA) is 73.8 Å². The van der Waals surface area contributed by atoms with Gasteiger partial charge in [0.1, 0.15) is 18.0 Å². The third kappa shape index (κ3) is 3.82. The number of amides is 1. The number of aryl methyl sites for hydroxylation is 1. The molecule has 3 unspecified atom stereocenters. The number of nitrogens with zero attached hydrogens (tertiary/aromatic N) is 3. The van der Waals surface area contributed by atoms with Gasteiger partial charge in [-0.15, -0.1) is 0 Å². The number of para-hydroxylation sites is 2. The first-order valence-electron chi connectivity index (χ1n) is 9.27. The molecule has 3 heterocycles. The molecule has 27 heavy (non-hydrogen) atoms. The number of fused-ring (bicyclic) bond motifs is 1. The third-order valence-corrected chi connectivity index (χ3v) is 4.81. The number of piperidine rings is 1. The third-order valence-electron chi connectivity index (χ3n) is 4.81. The van der Waals surface area contributed by atoms with Crippen LogP contribution in [0.3, 0.4) is 0 Å². The molecule has 0 N–H and O–H groups in total. The quantitative estimate of drug-likeness (QED) is 0.827. The van der Waals surface area contributed by atoms with Crippen LogP contribution < -0.4 is 14.2 Å². The minimum atomic E-state index is -0.653. The number of likely N-dealkylation sites (tertiary alicyclic amines) is 1. The number of hydrogen-bond donors (Lipinski definition) is 0. The van der Waals surface area contributed by atoms with Crippen LogP contribution in [0.5, 0.6) is 17.4 Å². The molecular formula is C20H23N3O4. The van der Waals surface area contributed by atoms with Gasteiger partial charge in [-0.3, -0.25) is 4.79 Å². The molecule has 1 aromatic carbocycles. The van der Waals surface area contributed by atoms with Crippen molar-refractivity contribution in [3.05, 3.63) is 42.4 Å². The molecule has 7 heteroatoms. The summed E-state index contributed by atoms with van der Waals surface area (Å²) in [6.45, 7) is 4.88. The highest BCUT2D eigenvalue weighted by atomic mass is 16.6. The molecule has 142 valence electrons. The Balaban J connectivity index is 1.43. The molecule has 1 fully saturated rings. The lowest BCUT2D eigenvalue weighted by molar-refractivity contribution is -0.147. The van der Waals surface area contributed by atoms with Crippen LogP contribution in [-0.2, 0) is 4.79 Å². The first kappa shape index (κ1) is 17.6. The maximum Gasteiger partial charge on any atom is 0.267 e. The lowest BCUT2D eigenvalue weighted by Gasteiger charge is -2.37. The number of rotatable bonds is 3. The Morgan fingerprint density at radius 3 is 2.78 bits per heavy atom. The molecule has 3 atom stereocenters. The van der Waals surface area contributed by atoms with Gasteiger partial charge in [-0.1, -0.05) is 12.1 Å². The Morgan fingerprint density at radius 1 is 1.22 bits per heavy atom. The van der Waals surface area contributed by atoms with Crippen LogP contribution in [-0.4, -0.2) is 52.2 Å². The monoisotopic (exact) mass is 369 g/mol. The molecule has 0 bridgehead atoms. The van der Waals surface area contributed by atoms with Crippen molar-refractivity contribution in [3.8, 4) is 17.4 Å². The van der Waals surface area contributed by atoms with E-state index in [4.69, 9.17) is 14.2 Å². The van der Waals surface area contributed by atoms with Crippen molar-refractivity contribution in [1.82, 2.24) is 14.9 Å².